The number of aromatic amines is 1. The van der Waals surface area contributed by atoms with Crippen LogP contribution in [0, 0.1) is 22.7 Å². The second-order valence-electron chi connectivity index (χ2n) is 3.36. The zero-order chi connectivity index (χ0) is 13.7. The van der Waals surface area contributed by atoms with Gasteiger partial charge in [-0.1, -0.05) is 0 Å². The quantitative estimate of drug-likeness (QED) is 0.835. The molecule has 0 saturated carbocycles. The van der Waals surface area contributed by atoms with Gasteiger partial charge in [-0.15, -0.1) is 10.2 Å². The molecular formula is C11H6BrN7. The van der Waals surface area contributed by atoms with Gasteiger partial charge < -0.3 is 5.32 Å². The number of hydrogen-bond acceptors (Lipinski definition) is 6. The first kappa shape index (κ1) is 12.7. The van der Waals surface area contributed by atoms with E-state index < -0.39 is 0 Å². The van der Waals surface area contributed by atoms with E-state index in [2.05, 4.69) is 47.9 Å². The molecule has 0 aliphatic rings. The smallest absolute Gasteiger partial charge is 0.216 e. The molecule has 1 aromatic carbocycles. The predicted octanol–water partition coefficient (Wildman–Crippen LogP) is 1.81. The predicted molar refractivity (Wildman–Crippen MR) is 70.2 cm³/mol. The maximum atomic E-state index is 8.98. The van der Waals surface area contributed by atoms with Crippen LogP contribution in [0.25, 0.3) is 5.57 Å². The third kappa shape index (κ3) is 2.94. The van der Waals surface area contributed by atoms with Crippen LogP contribution < -0.4 is 5.32 Å². The molecule has 1 aromatic heterocycles. The first-order valence-electron chi connectivity index (χ1n) is 5.05. The Balaban J connectivity index is 2.23. The van der Waals surface area contributed by atoms with E-state index in [4.69, 9.17) is 10.5 Å². The highest BCUT2D eigenvalue weighted by Gasteiger charge is 2.05. The van der Waals surface area contributed by atoms with Crippen LogP contribution in [0.3, 0.4) is 0 Å². The maximum absolute atomic E-state index is 8.98. The van der Waals surface area contributed by atoms with Crippen LogP contribution in [0.15, 0.2) is 28.9 Å². The number of H-pyrrole nitrogens is 1. The lowest BCUT2D eigenvalue weighted by molar-refractivity contribution is 0.881. The lowest BCUT2D eigenvalue weighted by atomic mass is 10.2. The summed E-state index contributed by atoms with van der Waals surface area (Å²) in [6.45, 7) is 0. The Hall–Kier alpha value is -2.71. The standard InChI is InChI=1S/C11H6BrN7/c12-10-2-1-9(3-7(10)4-13)15-6-8(5-14)11-16-18-19-17-11/h1-3,6,15H,(H,16,17,18,19). The summed E-state index contributed by atoms with van der Waals surface area (Å²) in [6, 6.07) is 9.18. The second kappa shape index (κ2) is 5.76. The van der Waals surface area contributed by atoms with Crippen LogP contribution in [0.2, 0.25) is 0 Å². The number of halogens is 1. The van der Waals surface area contributed by atoms with E-state index in [9.17, 15) is 0 Å². The molecule has 2 N–H and O–H groups in total. The number of nitriles is 2. The molecule has 0 radical (unpaired) electrons. The fourth-order valence-corrected chi connectivity index (χ4v) is 1.61. The van der Waals surface area contributed by atoms with Crippen molar-refractivity contribution in [1.29, 1.82) is 10.5 Å². The van der Waals surface area contributed by atoms with Gasteiger partial charge in [-0.2, -0.15) is 15.7 Å². The number of nitrogens with zero attached hydrogens (tertiary/aromatic N) is 5. The topological polar surface area (TPSA) is 114 Å². The summed E-state index contributed by atoms with van der Waals surface area (Å²) in [7, 11) is 0. The Morgan fingerprint density at radius 3 is 2.89 bits per heavy atom. The Kier molecular flexibility index (Phi) is 3.86. The molecule has 0 fully saturated rings. The molecule has 92 valence electrons. The van der Waals surface area contributed by atoms with Gasteiger partial charge in [-0.3, -0.25) is 0 Å². The number of rotatable bonds is 3. The summed E-state index contributed by atoms with van der Waals surface area (Å²) in [5.74, 6) is 0.201. The molecule has 8 heteroatoms. The molecule has 0 unspecified atom stereocenters. The van der Waals surface area contributed by atoms with Crippen molar-refractivity contribution >= 4 is 27.2 Å². The fraction of sp³-hybridized carbons (Fsp3) is 0. The van der Waals surface area contributed by atoms with Gasteiger partial charge in [0.2, 0.25) is 5.82 Å². The average molecular weight is 316 g/mol. The highest BCUT2D eigenvalue weighted by atomic mass is 79.9. The number of nitrogens with one attached hydrogen (secondary N) is 2. The zero-order valence-corrected chi connectivity index (χ0v) is 11.0. The van der Waals surface area contributed by atoms with Gasteiger partial charge in [0.05, 0.1) is 5.56 Å². The van der Waals surface area contributed by atoms with Crippen molar-refractivity contribution in [2.75, 3.05) is 5.32 Å². The van der Waals surface area contributed by atoms with E-state index in [0.29, 0.717) is 15.7 Å². The molecule has 2 rings (SSSR count). The highest BCUT2D eigenvalue weighted by molar-refractivity contribution is 9.10. The normalized spacial score (nSPS) is 10.6. The number of hydrogen-bond donors (Lipinski definition) is 2. The lowest BCUT2D eigenvalue weighted by Gasteiger charge is -2.02. The molecule has 0 atom stereocenters. The van der Waals surface area contributed by atoms with Crippen molar-refractivity contribution in [3.05, 3.63) is 40.3 Å². The Morgan fingerprint density at radius 2 is 2.26 bits per heavy atom. The zero-order valence-electron chi connectivity index (χ0n) is 9.42. The van der Waals surface area contributed by atoms with E-state index in [-0.39, 0.29) is 11.4 Å². The molecule has 7 nitrogen and oxygen atoms in total. The summed E-state index contributed by atoms with van der Waals surface area (Å²) in [6.07, 6.45) is 1.45. The third-order valence-electron chi connectivity index (χ3n) is 2.18. The van der Waals surface area contributed by atoms with Crippen molar-refractivity contribution in [1.82, 2.24) is 20.6 Å². The van der Waals surface area contributed by atoms with Crippen molar-refractivity contribution in [2.45, 2.75) is 0 Å². The van der Waals surface area contributed by atoms with Gasteiger partial charge in [0.25, 0.3) is 0 Å². The van der Waals surface area contributed by atoms with Crippen molar-refractivity contribution in [3.63, 3.8) is 0 Å². The van der Waals surface area contributed by atoms with E-state index in [1.807, 2.05) is 6.07 Å². The third-order valence-corrected chi connectivity index (χ3v) is 2.87. The number of allylic oxidation sites excluding steroid dienone is 1. The van der Waals surface area contributed by atoms with E-state index in [0.717, 1.165) is 0 Å². The average Bonchev–Trinajstić information content (AvgIpc) is 2.95. The Labute approximate surface area is 116 Å². The summed E-state index contributed by atoms with van der Waals surface area (Å²) in [5, 5.41) is 33.9. The van der Waals surface area contributed by atoms with Crippen LogP contribution in [0.4, 0.5) is 5.69 Å². The van der Waals surface area contributed by atoms with Gasteiger partial charge in [0.15, 0.2) is 0 Å². The molecule has 0 bridgehead atoms. The van der Waals surface area contributed by atoms with Crippen molar-refractivity contribution in [2.24, 2.45) is 0 Å². The van der Waals surface area contributed by atoms with Gasteiger partial charge in [0.1, 0.15) is 17.7 Å². The van der Waals surface area contributed by atoms with Crippen molar-refractivity contribution in [3.8, 4) is 12.1 Å². The monoisotopic (exact) mass is 315 g/mol. The number of aromatic nitrogens is 4. The molecule has 1 heterocycles. The van der Waals surface area contributed by atoms with Crippen LogP contribution >= 0.6 is 15.9 Å². The minimum Gasteiger partial charge on any atom is -0.360 e. The van der Waals surface area contributed by atoms with E-state index >= 15 is 0 Å². The van der Waals surface area contributed by atoms with Crippen LogP contribution in [0.5, 0.6) is 0 Å². The largest absolute Gasteiger partial charge is 0.360 e. The van der Waals surface area contributed by atoms with Gasteiger partial charge in [-0.25, -0.2) is 0 Å². The molecule has 0 amide bonds. The Bertz CT molecular complexity index is 691. The molecule has 0 aliphatic heterocycles. The van der Waals surface area contributed by atoms with E-state index in [1.54, 1.807) is 18.2 Å². The number of tetrazole rings is 1. The summed E-state index contributed by atoms with van der Waals surface area (Å²) >= 11 is 3.27. The number of anilines is 1. The summed E-state index contributed by atoms with van der Waals surface area (Å²) in [5.41, 5.74) is 1.41. The summed E-state index contributed by atoms with van der Waals surface area (Å²) in [4.78, 5) is 0. The number of benzene rings is 1. The molecule has 2 aromatic rings. The maximum Gasteiger partial charge on any atom is 0.216 e. The van der Waals surface area contributed by atoms with Gasteiger partial charge >= 0.3 is 0 Å². The first-order chi connectivity index (χ1) is 9.24. The first-order valence-corrected chi connectivity index (χ1v) is 5.84. The SMILES string of the molecule is N#CC(=CNc1ccc(Br)c(C#N)c1)c1nn[nH]n1. The molecule has 0 aliphatic carbocycles. The lowest BCUT2D eigenvalue weighted by Crippen LogP contribution is -1.93. The van der Waals surface area contributed by atoms with Crippen LogP contribution in [-0.4, -0.2) is 20.6 Å². The van der Waals surface area contributed by atoms with Gasteiger partial charge in [0, 0.05) is 16.4 Å². The molecule has 0 saturated heterocycles. The minimum absolute atomic E-state index is 0.201. The molecule has 19 heavy (non-hydrogen) atoms. The summed E-state index contributed by atoms with van der Waals surface area (Å²) < 4.78 is 0.711. The van der Waals surface area contributed by atoms with Crippen LogP contribution in [-0.2, 0) is 0 Å². The van der Waals surface area contributed by atoms with E-state index in [1.165, 1.54) is 6.20 Å². The highest BCUT2D eigenvalue weighted by Crippen LogP contribution is 2.20. The van der Waals surface area contributed by atoms with Crippen LogP contribution in [0.1, 0.15) is 11.4 Å². The Morgan fingerprint density at radius 1 is 1.42 bits per heavy atom. The van der Waals surface area contributed by atoms with Crippen molar-refractivity contribution < 1.29 is 0 Å². The van der Waals surface area contributed by atoms with Gasteiger partial charge in [-0.05, 0) is 39.3 Å². The fourth-order valence-electron chi connectivity index (χ4n) is 1.28. The molecular weight excluding hydrogens is 310 g/mol. The second-order valence-corrected chi connectivity index (χ2v) is 4.21. The minimum atomic E-state index is 0.201. The molecule has 0 spiro atoms.